The Hall–Kier alpha value is -0.730. The third-order valence-corrected chi connectivity index (χ3v) is 3.75. The molecule has 0 radical (unpaired) electrons. The first kappa shape index (κ1) is 12.7. The fourth-order valence-electron chi connectivity index (χ4n) is 2.42. The third kappa shape index (κ3) is 3.36. The van der Waals surface area contributed by atoms with E-state index in [1.165, 1.54) is 37.8 Å². The Kier molecular flexibility index (Phi) is 4.69. The Balaban J connectivity index is 2.13. The van der Waals surface area contributed by atoms with Crippen LogP contribution < -0.4 is 10.6 Å². The molecule has 17 heavy (non-hydrogen) atoms. The number of benzene rings is 1. The van der Waals surface area contributed by atoms with Crippen LogP contribution in [0.4, 0.5) is 5.69 Å². The molecule has 1 fully saturated rings. The third-order valence-electron chi connectivity index (χ3n) is 3.44. The number of rotatable bonds is 2. The quantitative estimate of drug-likeness (QED) is 0.872. The monoisotopic (exact) mass is 252 g/mol. The van der Waals surface area contributed by atoms with Crippen molar-refractivity contribution in [2.45, 2.75) is 38.6 Å². The Labute approximate surface area is 109 Å². The van der Waals surface area contributed by atoms with E-state index >= 15 is 0 Å². The van der Waals surface area contributed by atoms with Gasteiger partial charge in [-0.25, -0.2) is 0 Å². The van der Waals surface area contributed by atoms with E-state index in [4.69, 9.17) is 17.3 Å². The largest absolute Gasteiger partial charge is 0.370 e. The first-order valence-corrected chi connectivity index (χ1v) is 6.92. The van der Waals surface area contributed by atoms with Crippen LogP contribution in [0.1, 0.15) is 37.7 Å². The molecule has 0 spiro atoms. The van der Waals surface area contributed by atoms with Gasteiger partial charge in [0.15, 0.2) is 0 Å². The molecule has 0 aromatic heterocycles. The lowest BCUT2D eigenvalue weighted by atomic mass is 10.1. The normalized spacial score (nSPS) is 17.6. The summed E-state index contributed by atoms with van der Waals surface area (Å²) in [5, 5.41) is 0.841. The van der Waals surface area contributed by atoms with Crippen LogP contribution in [-0.2, 0) is 6.54 Å². The maximum Gasteiger partial charge on any atom is 0.0642 e. The lowest BCUT2D eigenvalue weighted by molar-refractivity contribution is 0.556. The maximum atomic E-state index is 6.34. The average molecular weight is 253 g/mol. The van der Waals surface area contributed by atoms with E-state index < -0.39 is 0 Å². The van der Waals surface area contributed by atoms with Crippen LogP contribution in [0.2, 0.25) is 5.02 Å². The van der Waals surface area contributed by atoms with Gasteiger partial charge in [-0.1, -0.05) is 36.9 Å². The van der Waals surface area contributed by atoms with Crippen molar-refractivity contribution in [2.75, 3.05) is 18.0 Å². The van der Waals surface area contributed by atoms with Crippen molar-refractivity contribution in [3.05, 3.63) is 28.8 Å². The highest BCUT2D eigenvalue weighted by molar-refractivity contribution is 6.33. The van der Waals surface area contributed by atoms with Crippen molar-refractivity contribution in [1.29, 1.82) is 0 Å². The molecule has 0 amide bonds. The van der Waals surface area contributed by atoms with E-state index in [1.807, 2.05) is 6.07 Å². The molecule has 2 N–H and O–H groups in total. The zero-order valence-corrected chi connectivity index (χ0v) is 11.0. The number of halogens is 1. The molecule has 0 aliphatic carbocycles. The number of hydrogen-bond acceptors (Lipinski definition) is 2. The molecule has 2 nitrogen and oxygen atoms in total. The molecule has 1 aromatic rings. The zero-order valence-electron chi connectivity index (χ0n) is 10.3. The van der Waals surface area contributed by atoms with E-state index in [2.05, 4.69) is 17.0 Å². The smallest absolute Gasteiger partial charge is 0.0642 e. The fourth-order valence-corrected chi connectivity index (χ4v) is 2.74. The molecule has 2 rings (SSSR count). The van der Waals surface area contributed by atoms with Crippen molar-refractivity contribution >= 4 is 17.3 Å². The minimum Gasteiger partial charge on any atom is -0.370 e. The van der Waals surface area contributed by atoms with Crippen LogP contribution in [0.15, 0.2) is 18.2 Å². The fraction of sp³-hybridized carbons (Fsp3) is 0.571. The lowest BCUT2D eigenvalue weighted by Gasteiger charge is -2.27. The van der Waals surface area contributed by atoms with E-state index in [0.29, 0.717) is 6.54 Å². The van der Waals surface area contributed by atoms with Crippen LogP contribution >= 0.6 is 11.6 Å². The van der Waals surface area contributed by atoms with E-state index in [0.717, 1.165) is 23.7 Å². The Morgan fingerprint density at radius 2 is 1.71 bits per heavy atom. The molecule has 1 saturated heterocycles. The first-order chi connectivity index (χ1) is 8.31. The van der Waals surface area contributed by atoms with Gasteiger partial charge < -0.3 is 10.6 Å². The molecule has 0 bridgehead atoms. The van der Waals surface area contributed by atoms with Crippen LogP contribution in [0, 0.1) is 0 Å². The molecule has 0 atom stereocenters. The zero-order chi connectivity index (χ0) is 12.1. The minimum atomic E-state index is 0.556. The van der Waals surface area contributed by atoms with E-state index in [9.17, 15) is 0 Å². The summed E-state index contributed by atoms with van der Waals surface area (Å²) in [5.41, 5.74) is 7.90. The Morgan fingerprint density at radius 1 is 1.06 bits per heavy atom. The van der Waals surface area contributed by atoms with Crippen LogP contribution in [0.5, 0.6) is 0 Å². The van der Waals surface area contributed by atoms with Crippen molar-refractivity contribution < 1.29 is 0 Å². The Morgan fingerprint density at radius 3 is 2.29 bits per heavy atom. The molecule has 94 valence electrons. The summed E-state index contributed by atoms with van der Waals surface area (Å²) in [7, 11) is 0. The van der Waals surface area contributed by atoms with Gasteiger partial charge >= 0.3 is 0 Å². The molecular weight excluding hydrogens is 232 g/mol. The van der Waals surface area contributed by atoms with Gasteiger partial charge in [0.1, 0.15) is 0 Å². The van der Waals surface area contributed by atoms with Gasteiger partial charge in [-0.3, -0.25) is 0 Å². The lowest BCUT2D eigenvalue weighted by Crippen LogP contribution is -2.27. The predicted molar refractivity (Wildman–Crippen MR) is 74.6 cm³/mol. The van der Waals surface area contributed by atoms with Crippen LogP contribution in [0.25, 0.3) is 0 Å². The summed E-state index contributed by atoms with van der Waals surface area (Å²) in [6.45, 7) is 2.81. The summed E-state index contributed by atoms with van der Waals surface area (Å²) in [6, 6.07) is 6.20. The predicted octanol–water partition coefficient (Wildman–Crippen LogP) is 3.57. The minimum absolute atomic E-state index is 0.556. The second-order valence-corrected chi connectivity index (χ2v) is 5.15. The summed E-state index contributed by atoms with van der Waals surface area (Å²) in [4.78, 5) is 2.42. The van der Waals surface area contributed by atoms with Gasteiger partial charge in [0.2, 0.25) is 0 Å². The van der Waals surface area contributed by atoms with Gasteiger partial charge in [-0.15, -0.1) is 0 Å². The molecular formula is C14H21ClN2. The van der Waals surface area contributed by atoms with Crippen molar-refractivity contribution in [3.8, 4) is 0 Å². The van der Waals surface area contributed by atoms with Crippen LogP contribution in [-0.4, -0.2) is 13.1 Å². The molecule has 3 heteroatoms. The molecule has 1 heterocycles. The van der Waals surface area contributed by atoms with Gasteiger partial charge in [0, 0.05) is 19.6 Å². The SMILES string of the molecule is NCc1ccc(N2CCCCCCC2)c(Cl)c1. The van der Waals surface area contributed by atoms with Crippen molar-refractivity contribution in [1.82, 2.24) is 0 Å². The standard InChI is InChI=1S/C14H21ClN2/c15-13-10-12(11-16)6-7-14(13)17-8-4-2-1-3-5-9-17/h6-7,10H,1-5,8-9,11,16H2. The van der Waals surface area contributed by atoms with Gasteiger partial charge in [0.25, 0.3) is 0 Å². The number of nitrogens with two attached hydrogens (primary N) is 1. The van der Waals surface area contributed by atoms with Gasteiger partial charge in [0.05, 0.1) is 10.7 Å². The van der Waals surface area contributed by atoms with Gasteiger partial charge in [-0.2, -0.15) is 0 Å². The molecule has 1 aliphatic heterocycles. The Bertz CT molecular complexity index is 357. The second kappa shape index (κ2) is 6.27. The van der Waals surface area contributed by atoms with Gasteiger partial charge in [-0.05, 0) is 30.5 Å². The highest BCUT2D eigenvalue weighted by atomic mass is 35.5. The molecule has 1 aromatic carbocycles. The number of nitrogens with zero attached hydrogens (tertiary/aromatic N) is 1. The molecule has 0 saturated carbocycles. The summed E-state index contributed by atoms with van der Waals surface area (Å²) in [5.74, 6) is 0. The number of hydrogen-bond donors (Lipinski definition) is 1. The van der Waals surface area contributed by atoms with Crippen LogP contribution in [0.3, 0.4) is 0 Å². The first-order valence-electron chi connectivity index (χ1n) is 6.54. The van der Waals surface area contributed by atoms with E-state index in [1.54, 1.807) is 0 Å². The topological polar surface area (TPSA) is 29.3 Å². The maximum absolute atomic E-state index is 6.34. The highest BCUT2D eigenvalue weighted by Crippen LogP contribution is 2.28. The summed E-state index contributed by atoms with van der Waals surface area (Å²) < 4.78 is 0. The highest BCUT2D eigenvalue weighted by Gasteiger charge is 2.12. The second-order valence-electron chi connectivity index (χ2n) is 4.74. The molecule has 1 aliphatic rings. The summed E-state index contributed by atoms with van der Waals surface area (Å²) >= 11 is 6.34. The van der Waals surface area contributed by atoms with Crippen molar-refractivity contribution in [3.63, 3.8) is 0 Å². The average Bonchev–Trinajstić information content (AvgIpc) is 2.29. The summed E-state index contributed by atoms with van der Waals surface area (Å²) in [6.07, 6.45) is 6.61. The van der Waals surface area contributed by atoms with E-state index in [-0.39, 0.29) is 0 Å². The molecule has 0 unspecified atom stereocenters. The number of anilines is 1. The van der Waals surface area contributed by atoms with Crippen molar-refractivity contribution in [2.24, 2.45) is 5.73 Å².